The van der Waals surface area contributed by atoms with Crippen molar-refractivity contribution in [1.29, 1.82) is 0 Å². The average Bonchev–Trinajstić information content (AvgIpc) is 2.45. The molecule has 1 aromatic carbocycles. The van der Waals surface area contributed by atoms with Crippen LogP contribution >= 0.6 is 0 Å². The second kappa shape index (κ2) is 6.59. The third-order valence-electron chi connectivity index (χ3n) is 4.67. The van der Waals surface area contributed by atoms with E-state index in [4.69, 9.17) is 4.74 Å². The summed E-state index contributed by atoms with van der Waals surface area (Å²) in [5.41, 5.74) is 1.47. The fraction of sp³-hybridized carbons (Fsp3) is 0.647. The number of benzene rings is 1. The van der Waals surface area contributed by atoms with E-state index >= 15 is 0 Å². The molecule has 20 heavy (non-hydrogen) atoms. The Morgan fingerprint density at radius 1 is 1.20 bits per heavy atom. The van der Waals surface area contributed by atoms with Crippen LogP contribution in [0.25, 0.3) is 0 Å². The van der Waals surface area contributed by atoms with Gasteiger partial charge in [-0.15, -0.1) is 0 Å². The van der Waals surface area contributed by atoms with Gasteiger partial charge in [0, 0.05) is 32.2 Å². The van der Waals surface area contributed by atoms with Crippen molar-refractivity contribution in [2.45, 2.75) is 32.2 Å². The Kier molecular flexibility index (Phi) is 4.58. The highest BCUT2D eigenvalue weighted by Crippen LogP contribution is 2.41. The molecule has 1 atom stereocenters. The first kappa shape index (κ1) is 13.9. The molecule has 1 aliphatic carbocycles. The van der Waals surface area contributed by atoms with Gasteiger partial charge in [-0.25, -0.2) is 0 Å². The predicted octanol–water partition coefficient (Wildman–Crippen LogP) is 2.83. The van der Waals surface area contributed by atoms with Crippen molar-refractivity contribution in [2.75, 3.05) is 32.8 Å². The zero-order chi connectivity index (χ0) is 13.8. The largest absolute Gasteiger partial charge is 0.494 e. The molecule has 1 aromatic rings. The lowest BCUT2D eigenvalue weighted by Gasteiger charge is -2.43. The molecular formula is C17H26N2O. The molecule has 3 nitrogen and oxygen atoms in total. The summed E-state index contributed by atoms with van der Waals surface area (Å²) in [4.78, 5) is 2.68. The smallest absolute Gasteiger partial charge is 0.119 e. The van der Waals surface area contributed by atoms with Gasteiger partial charge in [0.1, 0.15) is 5.75 Å². The first-order valence-electron chi connectivity index (χ1n) is 8.06. The third-order valence-corrected chi connectivity index (χ3v) is 4.67. The van der Waals surface area contributed by atoms with Crippen LogP contribution in [0.2, 0.25) is 0 Å². The van der Waals surface area contributed by atoms with Gasteiger partial charge in [-0.05, 0) is 43.4 Å². The molecule has 1 saturated heterocycles. The molecule has 0 spiro atoms. The molecule has 0 radical (unpaired) electrons. The Hall–Kier alpha value is -1.06. The van der Waals surface area contributed by atoms with E-state index in [1.807, 2.05) is 6.92 Å². The van der Waals surface area contributed by atoms with Gasteiger partial charge in [0.05, 0.1) is 6.61 Å². The molecule has 3 heteroatoms. The van der Waals surface area contributed by atoms with Crippen LogP contribution in [0, 0.1) is 5.92 Å². The van der Waals surface area contributed by atoms with Crippen LogP contribution in [0.4, 0.5) is 0 Å². The summed E-state index contributed by atoms with van der Waals surface area (Å²) in [6, 6.07) is 9.42. The Labute approximate surface area is 122 Å². The van der Waals surface area contributed by atoms with E-state index in [1.165, 1.54) is 37.9 Å². The molecule has 3 rings (SSSR count). The van der Waals surface area contributed by atoms with Gasteiger partial charge in [-0.3, -0.25) is 4.90 Å². The van der Waals surface area contributed by atoms with E-state index in [9.17, 15) is 0 Å². The number of piperazine rings is 1. The fourth-order valence-electron chi connectivity index (χ4n) is 3.42. The van der Waals surface area contributed by atoms with Crippen LogP contribution in [-0.4, -0.2) is 37.7 Å². The Bertz CT molecular complexity index is 408. The van der Waals surface area contributed by atoms with Crippen molar-refractivity contribution in [2.24, 2.45) is 5.92 Å². The zero-order valence-electron chi connectivity index (χ0n) is 12.5. The quantitative estimate of drug-likeness (QED) is 0.893. The van der Waals surface area contributed by atoms with Crippen LogP contribution in [0.1, 0.15) is 37.8 Å². The summed E-state index contributed by atoms with van der Waals surface area (Å²) in [5, 5.41) is 3.46. The SMILES string of the molecule is CCOc1ccc([C@@H](C2CCC2)N2CCNCC2)cc1. The lowest BCUT2D eigenvalue weighted by Crippen LogP contribution is -2.47. The van der Waals surface area contributed by atoms with Crippen LogP contribution < -0.4 is 10.1 Å². The van der Waals surface area contributed by atoms with Crippen molar-refractivity contribution in [3.05, 3.63) is 29.8 Å². The normalized spacial score (nSPS) is 22.2. The summed E-state index contributed by atoms with van der Waals surface area (Å²) in [5.74, 6) is 1.84. The lowest BCUT2D eigenvalue weighted by atomic mass is 9.76. The van der Waals surface area contributed by atoms with Gasteiger partial charge in [-0.2, -0.15) is 0 Å². The van der Waals surface area contributed by atoms with Crippen molar-refractivity contribution in [1.82, 2.24) is 10.2 Å². The van der Waals surface area contributed by atoms with Gasteiger partial charge in [0.2, 0.25) is 0 Å². The number of ether oxygens (including phenoxy) is 1. The van der Waals surface area contributed by atoms with Crippen LogP contribution in [0.15, 0.2) is 24.3 Å². The summed E-state index contributed by atoms with van der Waals surface area (Å²) < 4.78 is 5.56. The monoisotopic (exact) mass is 274 g/mol. The first-order valence-corrected chi connectivity index (χ1v) is 8.06. The maximum absolute atomic E-state index is 5.56. The van der Waals surface area contributed by atoms with Gasteiger partial charge >= 0.3 is 0 Å². The topological polar surface area (TPSA) is 24.5 Å². The van der Waals surface area contributed by atoms with Crippen LogP contribution in [0.5, 0.6) is 5.75 Å². The van der Waals surface area contributed by atoms with E-state index in [1.54, 1.807) is 0 Å². The highest BCUT2D eigenvalue weighted by atomic mass is 16.5. The summed E-state index contributed by atoms with van der Waals surface area (Å²) in [6.07, 6.45) is 4.19. The van der Waals surface area contributed by atoms with Crippen molar-refractivity contribution in [3.8, 4) is 5.75 Å². The Balaban J connectivity index is 1.76. The van der Waals surface area contributed by atoms with Gasteiger partial charge in [-0.1, -0.05) is 18.6 Å². The third kappa shape index (κ3) is 2.99. The Morgan fingerprint density at radius 3 is 2.45 bits per heavy atom. The highest BCUT2D eigenvalue weighted by molar-refractivity contribution is 5.30. The standard InChI is InChI=1S/C17H26N2O/c1-2-20-16-8-6-15(7-9-16)17(14-4-3-5-14)19-12-10-18-11-13-19/h6-9,14,17-18H,2-5,10-13H2,1H3/t17-/m1/s1. The predicted molar refractivity (Wildman–Crippen MR) is 82.1 cm³/mol. The molecule has 1 heterocycles. The molecule has 0 unspecified atom stereocenters. The molecule has 2 fully saturated rings. The van der Waals surface area contributed by atoms with Crippen molar-refractivity contribution < 1.29 is 4.74 Å². The minimum atomic E-state index is 0.613. The fourth-order valence-corrected chi connectivity index (χ4v) is 3.42. The van der Waals surface area contributed by atoms with Gasteiger partial charge < -0.3 is 10.1 Å². The molecular weight excluding hydrogens is 248 g/mol. The van der Waals surface area contributed by atoms with Crippen molar-refractivity contribution >= 4 is 0 Å². The van der Waals surface area contributed by atoms with Crippen LogP contribution in [-0.2, 0) is 0 Å². The minimum absolute atomic E-state index is 0.613. The summed E-state index contributed by atoms with van der Waals surface area (Å²) >= 11 is 0. The number of rotatable bonds is 5. The summed E-state index contributed by atoms with van der Waals surface area (Å²) in [6.45, 7) is 7.37. The molecule has 110 valence electrons. The van der Waals surface area contributed by atoms with Crippen molar-refractivity contribution in [3.63, 3.8) is 0 Å². The molecule has 0 bridgehead atoms. The van der Waals surface area contributed by atoms with E-state index in [-0.39, 0.29) is 0 Å². The Morgan fingerprint density at radius 2 is 1.90 bits per heavy atom. The molecule has 0 amide bonds. The maximum atomic E-state index is 5.56. The molecule has 2 aliphatic rings. The van der Waals surface area contributed by atoms with E-state index in [0.29, 0.717) is 6.04 Å². The minimum Gasteiger partial charge on any atom is -0.494 e. The molecule has 0 aromatic heterocycles. The highest BCUT2D eigenvalue weighted by Gasteiger charge is 2.33. The number of nitrogens with one attached hydrogen (secondary N) is 1. The number of hydrogen-bond acceptors (Lipinski definition) is 3. The zero-order valence-corrected chi connectivity index (χ0v) is 12.5. The number of hydrogen-bond donors (Lipinski definition) is 1. The second-order valence-corrected chi connectivity index (χ2v) is 5.92. The molecule has 1 aliphatic heterocycles. The molecule has 1 saturated carbocycles. The summed E-state index contributed by atoms with van der Waals surface area (Å²) in [7, 11) is 0. The lowest BCUT2D eigenvalue weighted by molar-refractivity contribution is 0.0837. The van der Waals surface area contributed by atoms with E-state index in [0.717, 1.165) is 31.4 Å². The second-order valence-electron chi connectivity index (χ2n) is 5.92. The maximum Gasteiger partial charge on any atom is 0.119 e. The number of nitrogens with zero attached hydrogens (tertiary/aromatic N) is 1. The van der Waals surface area contributed by atoms with Gasteiger partial charge in [0.15, 0.2) is 0 Å². The van der Waals surface area contributed by atoms with E-state index < -0.39 is 0 Å². The van der Waals surface area contributed by atoms with E-state index in [2.05, 4.69) is 34.5 Å². The van der Waals surface area contributed by atoms with Gasteiger partial charge in [0.25, 0.3) is 0 Å². The molecule has 1 N–H and O–H groups in total. The average molecular weight is 274 g/mol. The van der Waals surface area contributed by atoms with Crippen LogP contribution in [0.3, 0.4) is 0 Å². The first-order chi connectivity index (χ1) is 9.88.